The fraction of sp³-hybridized carbons (Fsp3) is 0.429. The average Bonchev–Trinajstić information content (AvgIpc) is 3.32. The van der Waals surface area contributed by atoms with Crippen LogP contribution in [0.4, 0.5) is 0 Å². The number of hydrogen-bond acceptors (Lipinski definition) is 5. The maximum Gasteiger partial charge on any atom is 0.133 e. The van der Waals surface area contributed by atoms with Crippen molar-refractivity contribution in [3.8, 4) is 11.3 Å². The van der Waals surface area contributed by atoms with E-state index in [1.165, 1.54) is 17.1 Å². The second kappa shape index (κ2) is 6.62. The van der Waals surface area contributed by atoms with Gasteiger partial charge in [-0.25, -0.2) is 4.98 Å². The van der Waals surface area contributed by atoms with Crippen LogP contribution < -0.4 is 5.32 Å². The number of likely N-dealkylation sites (tertiary alicyclic amines) is 1. The molecule has 3 aromatic rings. The van der Waals surface area contributed by atoms with Crippen LogP contribution in [-0.2, 0) is 18.6 Å². The minimum atomic E-state index is -0.0124. The molecule has 2 aliphatic heterocycles. The summed E-state index contributed by atoms with van der Waals surface area (Å²) >= 11 is 0. The van der Waals surface area contributed by atoms with Crippen molar-refractivity contribution in [1.82, 2.24) is 24.9 Å². The van der Waals surface area contributed by atoms with Crippen LogP contribution >= 0.6 is 0 Å². The summed E-state index contributed by atoms with van der Waals surface area (Å²) in [5, 5.41) is 7.94. The van der Waals surface area contributed by atoms with Gasteiger partial charge in [0.15, 0.2) is 0 Å². The molecular weight excluding hydrogens is 338 g/mol. The Morgan fingerprint density at radius 3 is 2.70 bits per heavy atom. The lowest BCUT2D eigenvalue weighted by Crippen LogP contribution is -2.55. The third kappa shape index (κ3) is 2.99. The molecule has 0 saturated carbocycles. The predicted molar refractivity (Wildman–Crippen MR) is 103 cm³/mol. The SMILES string of the molecule is Cc1cc(CN2CCC3(CC2)NCCn2c(-c4ccccc4)cnc23)no1. The summed E-state index contributed by atoms with van der Waals surface area (Å²) in [4.78, 5) is 7.34. The molecule has 6 nitrogen and oxygen atoms in total. The number of nitrogens with one attached hydrogen (secondary N) is 1. The zero-order chi connectivity index (χ0) is 18.3. The molecule has 2 aromatic heterocycles. The van der Waals surface area contributed by atoms with E-state index in [1.807, 2.05) is 19.2 Å². The van der Waals surface area contributed by atoms with E-state index in [-0.39, 0.29) is 5.54 Å². The summed E-state index contributed by atoms with van der Waals surface area (Å²) in [6.45, 7) is 6.84. The van der Waals surface area contributed by atoms with E-state index < -0.39 is 0 Å². The molecule has 1 aromatic carbocycles. The van der Waals surface area contributed by atoms with E-state index in [1.54, 1.807) is 0 Å². The highest BCUT2D eigenvalue weighted by atomic mass is 16.5. The lowest BCUT2D eigenvalue weighted by Gasteiger charge is -2.44. The average molecular weight is 363 g/mol. The predicted octanol–water partition coefficient (Wildman–Crippen LogP) is 2.94. The molecule has 1 saturated heterocycles. The molecule has 0 aliphatic carbocycles. The second-order valence-electron chi connectivity index (χ2n) is 7.70. The van der Waals surface area contributed by atoms with Gasteiger partial charge in [-0.2, -0.15) is 0 Å². The van der Waals surface area contributed by atoms with Crippen LogP contribution in [0.5, 0.6) is 0 Å². The van der Waals surface area contributed by atoms with Crippen LogP contribution in [0.1, 0.15) is 30.1 Å². The minimum absolute atomic E-state index is 0.0124. The number of fused-ring (bicyclic) bond motifs is 2. The molecule has 140 valence electrons. The number of piperidine rings is 1. The van der Waals surface area contributed by atoms with Gasteiger partial charge >= 0.3 is 0 Å². The Bertz CT molecular complexity index is 921. The third-order valence-electron chi connectivity index (χ3n) is 5.92. The number of rotatable bonds is 3. The lowest BCUT2D eigenvalue weighted by molar-refractivity contribution is 0.107. The van der Waals surface area contributed by atoms with Gasteiger partial charge in [0, 0.05) is 38.8 Å². The van der Waals surface area contributed by atoms with E-state index in [9.17, 15) is 0 Å². The van der Waals surface area contributed by atoms with E-state index in [0.717, 1.165) is 57.0 Å². The fourth-order valence-corrected chi connectivity index (χ4v) is 4.52. The van der Waals surface area contributed by atoms with Crippen molar-refractivity contribution >= 4 is 0 Å². The number of aryl methyl sites for hydroxylation is 1. The summed E-state index contributed by atoms with van der Waals surface area (Å²) in [5.74, 6) is 2.08. The van der Waals surface area contributed by atoms with E-state index in [4.69, 9.17) is 9.51 Å². The highest BCUT2D eigenvalue weighted by Gasteiger charge is 2.42. The quantitative estimate of drug-likeness (QED) is 0.775. The molecule has 5 rings (SSSR count). The highest BCUT2D eigenvalue weighted by Crippen LogP contribution is 2.37. The summed E-state index contributed by atoms with van der Waals surface area (Å²) < 4.78 is 7.62. The number of imidazole rings is 1. The summed E-state index contributed by atoms with van der Waals surface area (Å²) in [7, 11) is 0. The van der Waals surface area contributed by atoms with Crippen molar-refractivity contribution in [3.63, 3.8) is 0 Å². The van der Waals surface area contributed by atoms with Gasteiger partial charge in [0.25, 0.3) is 0 Å². The molecule has 0 unspecified atom stereocenters. The molecular formula is C21H25N5O. The Balaban J connectivity index is 1.36. The standard InChI is InChI=1S/C21H25N5O/c1-16-13-18(24-27-16)15-25-10-7-21(8-11-25)20-22-14-19(26(20)12-9-23-21)17-5-3-2-4-6-17/h2-6,13-14,23H,7-12,15H2,1H3. The smallest absolute Gasteiger partial charge is 0.133 e. The van der Waals surface area contributed by atoms with Gasteiger partial charge in [0.2, 0.25) is 0 Å². The molecule has 4 heterocycles. The van der Waals surface area contributed by atoms with Crippen molar-refractivity contribution in [2.75, 3.05) is 19.6 Å². The Labute approximate surface area is 159 Å². The van der Waals surface area contributed by atoms with Gasteiger partial charge in [-0.05, 0) is 25.3 Å². The molecule has 1 N–H and O–H groups in total. The molecule has 1 spiro atoms. The Kier molecular flexibility index (Phi) is 4.10. The van der Waals surface area contributed by atoms with Gasteiger partial charge in [-0.3, -0.25) is 4.90 Å². The number of benzene rings is 1. The third-order valence-corrected chi connectivity index (χ3v) is 5.92. The lowest BCUT2D eigenvalue weighted by atomic mass is 9.85. The van der Waals surface area contributed by atoms with Gasteiger partial charge in [0.05, 0.1) is 23.1 Å². The molecule has 1 fully saturated rings. The van der Waals surface area contributed by atoms with E-state index >= 15 is 0 Å². The summed E-state index contributed by atoms with van der Waals surface area (Å²) in [6, 6.07) is 12.6. The molecule has 0 bridgehead atoms. The van der Waals surface area contributed by atoms with Crippen LogP contribution in [0, 0.1) is 6.92 Å². The first-order chi connectivity index (χ1) is 13.2. The van der Waals surface area contributed by atoms with Crippen molar-refractivity contribution in [2.24, 2.45) is 0 Å². The van der Waals surface area contributed by atoms with Crippen LogP contribution in [-0.4, -0.2) is 39.2 Å². The van der Waals surface area contributed by atoms with E-state index in [2.05, 4.69) is 50.3 Å². The van der Waals surface area contributed by atoms with Crippen LogP contribution in [0.2, 0.25) is 0 Å². The molecule has 0 radical (unpaired) electrons. The minimum Gasteiger partial charge on any atom is -0.361 e. The van der Waals surface area contributed by atoms with Crippen molar-refractivity contribution < 1.29 is 4.52 Å². The zero-order valence-electron chi connectivity index (χ0n) is 15.7. The largest absolute Gasteiger partial charge is 0.361 e. The topological polar surface area (TPSA) is 59.1 Å². The normalized spacial score (nSPS) is 19.3. The maximum absolute atomic E-state index is 5.20. The van der Waals surface area contributed by atoms with Gasteiger partial charge in [-0.1, -0.05) is 35.5 Å². The summed E-state index contributed by atoms with van der Waals surface area (Å²) in [5.41, 5.74) is 3.48. The molecule has 27 heavy (non-hydrogen) atoms. The van der Waals surface area contributed by atoms with Crippen molar-refractivity contribution in [1.29, 1.82) is 0 Å². The van der Waals surface area contributed by atoms with Gasteiger partial charge < -0.3 is 14.4 Å². The van der Waals surface area contributed by atoms with Crippen molar-refractivity contribution in [3.05, 3.63) is 59.9 Å². The van der Waals surface area contributed by atoms with Crippen LogP contribution in [0.25, 0.3) is 11.3 Å². The maximum atomic E-state index is 5.20. The highest BCUT2D eigenvalue weighted by molar-refractivity contribution is 5.59. The Hall–Kier alpha value is -2.44. The number of aromatic nitrogens is 3. The zero-order valence-corrected chi connectivity index (χ0v) is 15.7. The second-order valence-corrected chi connectivity index (χ2v) is 7.70. The Morgan fingerprint density at radius 1 is 1.15 bits per heavy atom. The molecule has 2 aliphatic rings. The Morgan fingerprint density at radius 2 is 1.96 bits per heavy atom. The van der Waals surface area contributed by atoms with Crippen LogP contribution in [0.3, 0.4) is 0 Å². The van der Waals surface area contributed by atoms with E-state index in [0.29, 0.717) is 0 Å². The first kappa shape index (κ1) is 16.7. The molecule has 0 atom stereocenters. The molecule has 6 heteroatoms. The molecule has 0 amide bonds. The number of hydrogen-bond donors (Lipinski definition) is 1. The van der Waals surface area contributed by atoms with Crippen LogP contribution in [0.15, 0.2) is 47.1 Å². The van der Waals surface area contributed by atoms with Gasteiger partial charge in [-0.15, -0.1) is 0 Å². The first-order valence-electron chi connectivity index (χ1n) is 9.75. The van der Waals surface area contributed by atoms with Crippen molar-refractivity contribution in [2.45, 2.75) is 38.4 Å². The first-order valence-corrected chi connectivity index (χ1v) is 9.75. The fourth-order valence-electron chi connectivity index (χ4n) is 4.52. The monoisotopic (exact) mass is 363 g/mol. The summed E-state index contributed by atoms with van der Waals surface area (Å²) in [6.07, 6.45) is 4.17. The van der Waals surface area contributed by atoms with Gasteiger partial charge in [0.1, 0.15) is 11.6 Å². The number of nitrogens with zero attached hydrogens (tertiary/aromatic N) is 4.